The van der Waals surface area contributed by atoms with Crippen LogP contribution in [0.15, 0.2) is 12.1 Å². The molecule has 6 nitrogen and oxygen atoms in total. The van der Waals surface area contributed by atoms with Gasteiger partial charge < -0.3 is 20.1 Å². The summed E-state index contributed by atoms with van der Waals surface area (Å²) in [6, 6.07) is 3.14. The SMILES string of the molecule is COc1ccc2c(n1)N1CC(O)CC1C(=O)N2. The molecule has 3 rings (SSSR count). The van der Waals surface area contributed by atoms with Crippen molar-refractivity contribution in [1.82, 2.24) is 4.98 Å². The Morgan fingerprint density at radius 1 is 1.59 bits per heavy atom. The van der Waals surface area contributed by atoms with Crippen LogP contribution in [0.1, 0.15) is 6.42 Å². The predicted molar refractivity (Wildman–Crippen MR) is 61.2 cm³/mol. The summed E-state index contributed by atoms with van der Waals surface area (Å²) in [6.45, 7) is 0.436. The molecule has 0 spiro atoms. The van der Waals surface area contributed by atoms with Crippen LogP contribution in [-0.2, 0) is 4.79 Å². The van der Waals surface area contributed by atoms with Crippen molar-refractivity contribution >= 4 is 17.4 Å². The van der Waals surface area contributed by atoms with Gasteiger partial charge >= 0.3 is 0 Å². The smallest absolute Gasteiger partial charge is 0.247 e. The number of amides is 1. The summed E-state index contributed by atoms with van der Waals surface area (Å²) >= 11 is 0. The van der Waals surface area contributed by atoms with Crippen molar-refractivity contribution < 1.29 is 14.6 Å². The Labute approximate surface area is 98.2 Å². The number of anilines is 2. The number of aliphatic hydroxyl groups is 1. The first kappa shape index (κ1) is 10.3. The van der Waals surface area contributed by atoms with Crippen LogP contribution in [0.3, 0.4) is 0 Å². The lowest BCUT2D eigenvalue weighted by atomic mass is 10.1. The molecule has 3 heterocycles. The Hall–Kier alpha value is -1.82. The maximum absolute atomic E-state index is 11.8. The standard InChI is InChI=1S/C11H13N3O3/c1-17-9-3-2-7-10(13-9)14-5-6(15)4-8(14)11(16)12-7/h2-3,6,8,15H,4-5H2,1H3,(H,12,16). The number of ether oxygens (including phenoxy) is 1. The van der Waals surface area contributed by atoms with Gasteiger partial charge in [-0.05, 0) is 6.07 Å². The van der Waals surface area contributed by atoms with E-state index in [1.807, 2.05) is 4.90 Å². The lowest BCUT2D eigenvalue weighted by molar-refractivity contribution is -0.117. The molecule has 17 heavy (non-hydrogen) atoms. The molecule has 1 amide bonds. The van der Waals surface area contributed by atoms with Gasteiger partial charge in [-0.15, -0.1) is 0 Å². The number of aliphatic hydroxyl groups excluding tert-OH is 1. The van der Waals surface area contributed by atoms with Crippen LogP contribution >= 0.6 is 0 Å². The number of carbonyl (C=O) groups excluding carboxylic acids is 1. The fourth-order valence-electron chi connectivity index (χ4n) is 2.37. The minimum absolute atomic E-state index is 0.0824. The predicted octanol–water partition coefficient (Wildman–Crippen LogP) is -0.0181. The van der Waals surface area contributed by atoms with Gasteiger partial charge in [0.1, 0.15) is 6.04 Å². The Bertz CT molecular complexity index is 477. The zero-order chi connectivity index (χ0) is 12.0. The van der Waals surface area contributed by atoms with E-state index in [0.29, 0.717) is 30.4 Å². The third-order valence-electron chi connectivity index (χ3n) is 3.17. The van der Waals surface area contributed by atoms with Gasteiger partial charge in [0.25, 0.3) is 0 Å². The average Bonchev–Trinajstić information content (AvgIpc) is 2.72. The van der Waals surface area contributed by atoms with E-state index in [9.17, 15) is 9.90 Å². The number of hydrogen-bond acceptors (Lipinski definition) is 5. The van der Waals surface area contributed by atoms with Crippen molar-refractivity contribution in [2.24, 2.45) is 0 Å². The van der Waals surface area contributed by atoms with Crippen LogP contribution in [0.4, 0.5) is 11.5 Å². The van der Waals surface area contributed by atoms with Gasteiger partial charge in [-0.2, -0.15) is 4.98 Å². The highest BCUT2D eigenvalue weighted by Crippen LogP contribution is 2.36. The zero-order valence-electron chi connectivity index (χ0n) is 9.38. The van der Waals surface area contributed by atoms with Gasteiger partial charge in [0, 0.05) is 19.0 Å². The molecule has 0 aliphatic carbocycles. The minimum atomic E-state index is -0.482. The van der Waals surface area contributed by atoms with Gasteiger partial charge in [0.15, 0.2) is 5.82 Å². The van der Waals surface area contributed by atoms with E-state index in [0.717, 1.165) is 0 Å². The van der Waals surface area contributed by atoms with E-state index >= 15 is 0 Å². The summed E-state index contributed by atoms with van der Waals surface area (Å²) in [5.41, 5.74) is 0.668. The number of fused-ring (bicyclic) bond motifs is 3. The molecule has 1 saturated heterocycles. The van der Waals surface area contributed by atoms with Gasteiger partial charge in [0.05, 0.1) is 18.9 Å². The highest BCUT2D eigenvalue weighted by atomic mass is 16.5. The van der Waals surface area contributed by atoms with Gasteiger partial charge in [-0.3, -0.25) is 4.79 Å². The van der Waals surface area contributed by atoms with Gasteiger partial charge in [-0.25, -0.2) is 0 Å². The van der Waals surface area contributed by atoms with Crippen LogP contribution in [0.5, 0.6) is 5.88 Å². The highest BCUT2D eigenvalue weighted by molar-refractivity contribution is 6.03. The maximum atomic E-state index is 11.8. The molecule has 1 aromatic rings. The summed E-state index contributed by atoms with van der Waals surface area (Å²) in [5.74, 6) is 1.09. The van der Waals surface area contributed by atoms with Gasteiger partial charge in [-0.1, -0.05) is 0 Å². The molecule has 2 aliphatic heterocycles. The van der Waals surface area contributed by atoms with E-state index in [1.54, 1.807) is 19.2 Å². The van der Waals surface area contributed by atoms with E-state index < -0.39 is 6.10 Å². The second-order valence-corrected chi connectivity index (χ2v) is 4.27. The molecule has 1 fully saturated rings. The molecule has 0 saturated carbocycles. The van der Waals surface area contributed by atoms with Crippen LogP contribution in [-0.4, -0.2) is 41.8 Å². The number of carbonyl (C=O) groups is 1. The van der Waals surface area contributed by atoms with Gasteiger partial charge in [0.2, 0.25) is 11.8 Å². The number of nitrogens with zero attached hydrogens (tertiary/aromatic N) is 2. The topological polar surface area (TPSA) is 74.7 Å². The Kier molecular flexibility index (Phi) is 2.19. The fraction of sp³-hybridized carbons (Fsp3) is 0.455. The normalized spacial score (nSPS) is 26.2. The van der Waals surface area contributed by atoms with E-state index in [-0.39, 0.29) is 11.9 Å². The Morgan fingerprint density at radius 3 is 3.18 bits per heavy atom. The molecular weight excluding hydrogens is 222 g/mol. The van der Waals surface area contributed by atoms with Crippen molar-refractivity contribution in [2.75, 3.05) is 23.9 Å². The Morgan fingerprint density at radius 2 is 2.41 bits per heavy atom. The molecule has 2 unspecified atom stereocenters. The summed E-state index contributed by atoms with van der Waals surface area (Å²) in [6.07, 6.45) is -0.0332. The van der Waals surface area contributed by atoms with Crippen LogP contribution in [0.2, 0.25) is 0 Å². The van der Waals surface area contributed by atoms with Crippen LogP contribution in [0, 0.1) is 0 Å². The van der Waals surface area contributed by atoms with Crippen molar-refractivity contribution in [2.45, 2.75) is 18.6 Å². The molecule has 0 aromatic carbocycles. The molecule has 6 heteroatoms. The average molecular weight is 235 g/mol. The van der Waals surface area contributed by atoms with E-state index in [2.05, 4.69) is 10.3 Å². The molecule has 2 N–H and O–H groups in total. The largest absolute Gasteiger partial charge is 0.481 e. The number of hydrogen-bond donors (Lipinski definition) is 2. The molecule has 1 aromatic heterocycles. The number of methoxy groups -OCH3 is 1. The van der Waals surface area contributed by atoms with Crippen LogP contribution in [0.25, 0.3) is 0 Å². The highest BCUT2D eigenvalue weighted by Gasteiger charge is 2.41. The molecule has 2 aliphatic rings. The molecule has 90 valence electrons. The van der Waals surface area contributed by atoms with E-state index in [1.165, 1.54) is 0 Å². The van der Waals surface area contributed by atoms with E-state index in [4.69, 9.17) is 4.74 Å². The number of pyridine rings is 1. The number of aromatic nitrogens is 1. The summed E-state index contributed by atoms with van der Waals surface area (Å²) < 4.78 is 5.07. The van der Waals surface area contributed by atoms with Crippen molar-refractivity contribution in [1.29, 1.82) is 0 Å². The summed E-state index contributed by atoms with van der Waals surface area (Å²) in [5, 5.41) is 12.4. The number of rotatable bonds is 1. The fourth-order valence-corrected chi connectivity index (χ4v) is 2.37. The summed E-state index contributed by atoms with van der Waals surface area (Å²) in [7, 11) is 1.55. The first-order valence-corrected chi connectivity index (χ1v) is 5.49. The maximum Gasteiger partial charge on any atom is 0.247 e. The van der Waals surface area contributed by atoms with Crippen LogP contribution < -0.4 is 15.0 Å². The lowest BCUT2D eigenvalue weighted by Crippen LogP contribution is -2.44. The number of nitrogens with one attached hydrogen (secondary N) is 1. The second kappa shape index (κ2) is 3.59. The molecule has 0 radical (unpaired) electrons. The molecular formula is C11H13N3O3. The lowest BCUT2D eigenvalue weighted by Gasteiger charge is -2.31. The monoisotopic (exact) mass is 235 g/mol. The molecule has 0 bridgehead atoms. The summed E-state index contributed by atoms with van der Waals surface area (Å²) in [4.78, 5) is 18.0. The van der Waals surface area contributed by atoms with Crippen molar-refractivity contribution in [3.63, 3.8) is 0 Å². The zero-order valence-corrected chi connectivity index (χ0v) is 9.38. The third-order valence-corrected chi connectivity index (χ3v) is 3.17. The first-order valence-electron chi connectivity index (χ1n) is 5.49. The quantitative estimate of drug-likeness (QED) is 0.715. The van der Waals surface area contributed by atoms with Crippen molar-refractivity contribution in [3.8, 4) is 5.88 Å². The first-order chi connectivity index (χ1) is 8.19. The second-order valence-electron chi connectivity index (χ2n) is 4.27. The van der Waals surface area contributed by atoms with Crippen molar-refractivity contribution in [3.05, 3.63) is 12.1 Å². The molecule has 2 atom stereocenters. The minimum Gasteiger partial charge on any atom is -0.481 e. The third kappa shape index (κ3) is 1.52. The Balaban J connectivity index is 2.06.